The minimum atomic E-state index is -0.299. The second-order valence-electron chi connectivity index (χ2n) is 6.98. The lowest BCUT2D eigenvalue weighted by Gasteiger charge is -2.14. The van der Waals surface area contributed by atoms with Crippen LogP contribution in [0.1, 0.15) is 22.5 Å². The van der Waals surface area contributed by atoms with E-state index in [9.17, 15) is 9.90 Å². The molecule has 1 N–H and O–H groups in total. The van der Waals surface area contributed by atoms with E-state index in [0.717, 1.165) is 16.9 Å². The molecule has 0 atom stereocenters. The van der Waals surface area contributed by atoms with Crippen molar-refractivity contribution in [2.45, 2.75) is 20.5 Å². The molecule has 3 aromatic carbocycles. The number of hydrogen-bond acceptors (Lipinski definition) is 5. The van der Waals surface area contributed by atoms with Crippen LogP contribution in [0, 0.1) is 13.8 Å². The minimum Gasteiger partial charge on any atom is -0.507 e. The van der Waals surface area contributed by atoms with Crippen molar-refractivity contribution in [3.05, 3.63) is 99.6 Å². The van der Waals surface area contributed by atoms with Gasteiger partial charge < -0.3 is 9.84 Å². The van der Waals surface area contributed by atoms with Gasteiger partial charge in [-0.15, -0.1) is 0 Å². The van der Waals surface area contributed by atoms with Crippen molar-refractivity contribution in [3.8, 4) is 11.5 Å². The zero-order chi connectivity index (χ0) is 21.1. The van der Waals surface area contributed by atoms with Gasteiger partial charge in [-0.2, -0.15) is 9.78 Å². The predicted molar refractivity (Wildman–Crippen MR) is 117 cm³/mol. The smallest absolute Gasteiger partial charge is 0.282 e. The third kappa shape index (κ3) is 3.80. The summed E-state index contributed by atoms with van der Waals surface area (Å²) >= 11 is 0. The van der Waals surface area contributed by atoms with Crippen molar-refractivity contribution in [2.75, 3.05) is 0 Å². The highest BCUT2D eigenvalue weighted by Gasteiger charge is 2.12. The lowest BCUT2D eigenvalue weighted by molar-refractivity contribution is 0.285. The Bertz CT molecular complexity index is 1290. The largest absolute Gasteiger partial charge is 0.507 e. The highest BCUT2D eigenvalue weighted by molar-refractivity contribution is 5.83. The van der Waals surface area contributed by atoms with Gasteiger partial charge >= 0.3 is 0 Å². The molecule has 150 valence electrons. The van der Waals surface area contributed by atoms with Gasteiger partial charge in [-0.1, -0.05) is 42.5 Å². The third-order valence-corrected chi connectivity index (χ3v) is 4.82. The van der Waals surface area contributed by atoms with Crippen LogP contribution in [0.4, 0.5) is 0 Å². The summed E-state index contributed by atoms with van der Waals surface area (Å²) in [6.45, 7) is 4.02. The van der Waals surface area contributed by atoms with Crippen molar-refractivity contribution >= 4 is 17.1 Å². The maximum absolute atomic E-state index is 13.1. The Kier molecular flexibility index (Phi) is 5.30. The molecule has 1 aromatic heterocycles. The predicted octanol–water partition coefficient (Wildman–Crippen LogP) is 4.18. The molecule has 0 fully saturated rings. The number of nitrogens with zero attached hydrogens (tertiary/aromatic N) is 3. The molecule has 0 saturated carbocycles. The fourth-order valence-electron chi connectivity index (χ4n) is 3.26. The molecule has 0 bridgehead atoms. The summed E-state index contributed by atoms with van der Waals surface area (Å²) in [6.07, 6.45) is 1.44. The molecular formula is C24H21N3O3. The van der Waals surface area contributed by atoms with Crippen molar-refractivity contribution in [3.63, 3.8) is 0 Å². The number of para-hydroxylation sites is 3. The van der Waals surface area contributed by atoms with E-state index in [4.69, 9.17) is 4.74 Å². The lowest BCUT2D eigenvalue weighted by atomic mass is 10.1. The average Bonchev–Trinajstić information content (AvgIpc) is 2.74. The van der Waals surface area contributed by atoms with Crippen molar-refractivity contribution in [1.29, 1.82) is 0 Å². The highest BCUT2D eigenvalue weighted by Crippen LogP contribution is 2.23. The molecule has 0 aliphatic rings. The first-order valence-corrected chi connectivity index (χ1v) is 9.56. The molecule has 6 nitrogen and oxygen atoms in total. The van der Waals surface area contributed by atoms with E-state index in [0.29, 0.717) is 22.3 Å². The maximum Gasteiger partial charge on any atom is 0.282 e. The monoisotopic (exact) mass is 399 g/mol. The fraction of sp³-hybridized carbons (Fsp3) is 0.125. The van der Waals surface area contributed by atoms with Crippen LogP contribution in [0.2, 0.25) is 0 Å². The fourth-order valence-corrected chi connectivity index (χ4v) is 3.26. The van der Waals surface area contributed by atoms with Crippen molar-refractivity contribution < 1.29 is 9.84 Å². The number of hydrogen-bond donors (Lipinski definition) is 1. The number of rotatable bonds is 5. The average molecular weight is 399 g/mol. The number of fused-ring (bicyclic) bond motifs is 1. The van der Waals surface area contributed by atoms with Gasteiger partial charge in [0.15, 0.2) is 5.82 Å². The van der Waals surface area contributed by atoms with Gasteiger partial charge in [0.1, 0.15) is 18.1 Å². The standard InChI is InChI=1S/C24H21N3O3/c1-16-8-7-9-17(2)23(16)30-15-22-26-20-12-5-4-11-19(20)24(29)27(22)25-14-18-10-3-6-13-21(18)28/h3-14,28H,15H2,1-2H3. The normalized spacial score (nSPS) is 11.3. The summed E-state index contributed by atoms with van der Waals surface area (Å²) in [5.74, 6) is 1.21. The minimum absolute atomic E-state index is 0.0733. The van der Waals surface area contributed by atoms with Gasteiger partial charge in [0.05, 0.1) is 17.1 Å². The number of aromatic nitrogens is 2. The van der Waals surface area contributed by atoms with Crippen LogP contribution in [0.3, 0.4) is 0 Å². The van der Waals surface area contributed by atoms with Crippen LogP contribution in [0.15, 0.2) is 76.6 Å². The van der Waals surface area contributed by atoms with Crippen LogP contribution >= 0.6 is 0 Å². The summed E-state index contributed by atoms with van der Waals surface area (Å²) in [4.78, 5) is 17.7. The Morgan fingerprint density at radius 2 is 1.70 bits per heavy atom. The highest BCUT2D eigenvalue weighted by atomic mass is 16.5. The van der Waals surface area contributed by atoms with Crippen LogP contribution in [0.5, 0.6) is 11.5 Å². The molecule has 30 heavy (non-hydrogen) atoms. The van der Waals surface area contributed by atoms with Gasteiger partial charge in [0.25, 0.3) is 5.56 Å². The molecule has 0 radical (unpaired) electrons. The lowest BCUT2D eigenvalue weighted by Crippen LogP contribution is -2.23. The van der Waals surface area contributed by atoms with E-state index in [-0.39, 0.29) is 17.9 Å². The van der Waals surface area contributed by atoms with E-state index in [1.54, 1.807) is 42.5 Å². The number of aryl methyl sites for hydroxylation is 2. The Labute approximate surface area is 173 Å². The van der Waals surface area contributed by atoms with E-state index in [1.165, 1.54) is 10.9 Å². The van der Waals surface area contributed by atoms with Gasteiger partial charge in [-0.25, -0.2) is 4.98 Å². The summed E-state index contributed by atoms with van der Waals surface area (Å²) in [7, 11) is 0. The quantitative estimate of drug-likeness (QED) is 0.511. The Morgan fingerprint density at radius 3 is 2.47 bits per heavy atom. The summed E-state index contributed by atoms with van der Waals surface area (Å²) in [6, 6.07) is 19.8. The number of phenols is 1. The van der Waals surface area contributed by atoms with Crippen LogP contribution in [0.25, 0.3) is 10.9 Å². The van der Waals surface area contributed by atoms with Crippen molar-refractivity contribution in [2.24, 2.45) is 5.10 Å². The van der Waals surface area contributed by atoms with E-state index >= 15 is 0 Å². The molecule has 0 spiro atoms. The third-order valence-electron chi connectivity index (χ3n) is 4.82. The molecule has 0 aliphatic heterocycles. The van der Waals surface area contributed by atoms with Crippen LogP contribution in [-0.4, -0.2) is 21.0 Å². The SMILES string of the molecule is Cc1cccc(C)c1OCc1nc2ccccc2c(=O)n1N=Cc1ccccc1O. The zero-order valence-electron chi connectivity index (χ0n) is 16.7. The van der Waals surface area contributed by atoms with E-state index in [2.05, 4.69) is 10.1 Å². The van der Waals surface area contributed by atoms with Crippen LogP contribution < -0.4 is 10.3 Å². The van der Waals surface area contributed by atoms with Crippen LogP contribution in [-0.2, 0) is 6.61 Å². The van der Waals surface area contributed by atoms with Gasteiger partial charge in [-0.05, 0) is 49.2 Å². The summed E-state index contributed by atoms with van der Waals surface area (Å²) in [5.41, 5.74) is 2.79. The Balaban J connectivity index is 1.78. The second-order valence-corrected chi connectivity index (χ2v) is 6.98. The molecule has 1 heterocycles. The molecule has 0 saturated heterocycles. The van der Waals surface area contributed by atoms with Crippen molar-refractivity contribution in [1.82, 2.24) is 9.66 Å². The molecular weight excluding hydrogens is 378 g/mol. The summed E-state index contributed by atoms with van der Waals surface area (Å²) in [5, 5.41) is 14.8. The molecule has 0 amide bonds. The topological polar surface area (TPSA) is 76.7 Å². The first-order chi connectivity index (χ1) is 14.5. The first kappa shape index (κ1) is 19.4. The number of ether oxygens (including phenoxy) is 1. The van der Waals surface area contributed by atoms with E-state index in [1.807, 2.05) is 38.1 Å². The number of aromatic hydroxyl groups is 1. The second kappa shape index (κ2) is 8.21. The molecule has 0 aliphatic carbocycles. The Morgan fingerprint density at radius 1 is 1.00 bits per heavy atom. The maximum atomic E-state index is 13.1. The number of benzene rings is 3. The molecule has 4 aromatic rings. The first-order valence-electron chi connectivity index (χ1n) is 9.56. The van der Waals surface area contributed by atoms with Gasteiger partial charge in [0.2, 0.25) is 0 Å². The van der Waals surface area contributed by atoms with E-state index < -0.39 is 0 Å². The van der Waals surface area contributed by atoms with Gasteiger partial charge in [0, 0.05) is 5.56 Å². The molecule has 4 rings (SSSR count). The number of phenolic OH excluding ortho intramolecular Hbond substituents is 1. The molecule has 0 unspecified atom stereocenters. The molecule has 6 heteroatoms. The Hall–Kier alpha value is -3.93. The van der Waals surface area contributed by atoms with Gasteiger partial charge in [-0.3, -0.25) is 4.79 Å². The summed E-state index contributed by atoms with van der Waals surface area (Å²) < 4.78 is 7.25. The zero-order valence-corrected chi connectivity index (χ0v) is 16.7.